The Labute approximate surface area is 175 Å². The highest BCUT2D eigenvalue weighted by Gasteiger charge is 2.46. The van der Waals surface area contributed by atoms with Crippen molar-refractivity contribution in [2.24, 2.45) is 17.8 Å². The lowest BCUT2D eigenvalue weighted by atomic mass is 9.82. The van der Waals surface area contributed by atoms with Crippen molar-refractivity contribution in [3.63, 3.8) is 0 Å². The molecule has 4 heterocycles. The van der Waals surface area contributed by atoms with Gasteiger partial charge in [-0.15, -0.1) is 0 Å². The minimum Gasteiger partial charge on any atom is -0.481 e. The normalized spacial score (nSPS) is 25.5. The number of anilines is 1. The Kier molecular flexibility index (Phi) is 7.15. The van der Waals surface area contributed by atoms with Gasteiger partial charge in [-0.3, -0.25) is 9.63 Å². The first-order valence-corrected chi connectivity index (χ1v) is 9.63. The smallest absolute Gasteiger partial charge is 0.481 e. The third kappa shape index (κ3) is 5.53. The second-order valence-corrected chi connectivity index (χ2v) is 7.32. The van der Waals surface area contributed by atoms with Crippen molar-refractivity contribution in [1.29, 1.82) is 0 Å². The Balaban J connectivity index is 0.000000339. The van der Waals surface area contributed by atoms with Crippen LogP contribution in [0, 0.1) is 17.8 Å². The molecule has 1 amide bonds. The van der Waals surface area contributed by atoms with Crippen LogP contribution in [0.1, 0.15) is 6.42 Å². The number of hydrogen-bond donors (Lipinski definition) is 1. The van der Waals surface area contributed by atoms with E-state index in [4.69, 9.17) is 24.2 Å². The first kappa shape index (κ1) is 23.0. The molecule has 4 rings (SSSR count). The fraction of sp³-hybridized carbons (Fsp3) is 0.667. The SMILES string of the molecule is COc1cc(N2C[C@@H]3COC[C@H](C(=O)N4CCCO4)[C@@H]3C2)ncn1.O=C(O)C(F)(F)F. The lowest BCUT2D eigenvalue weighted by molar-refractivity contribution is -0.192. The highest BCUT2D eigenvalue weighted by atomic mass is 19.4. The average Bonchev–Trinajstić information content (AvgIpc) is 3.42. The van der Waals surface area contributed by atoms with Crippen LogP contribution in [0.4, 0.5) is 19.0 Å². The van der Waals surface area contributed by atoms with Crippen LogP contribution < -0.4 is 9.64 Å². The molecule has 10 nitrogen and oxygen atoms in total. The van der Waals surface area contributed by atoms with Gasteiger partial charge in [0.25, 0.3) is 5.91 Å². The number of methoxy groups -OCH3 is 1. The predicted octanol–water partition coefficient (Wildman–Crippen LogP) is 0.981. The maximum absolute atomic E-state index is 12.7. The Morgan fingerprint density at radius 3 is 2.61 bits per heavy atom. The van der Waals surface area contributed by atoms with Gasteiger partial charge in [-0.2, -0.15) is 13.2 Å². The molecule has 1 aromatic heterocycles. The highest BCUT2D eigenvalue weighted by molar-refractivity contribution is 5.79. The summed E-state index contributed by atoms with van der Waals surface area (Å²) < 4.78 is 42.6. The molecule has 3 saturated heterocycles. The van der Waals surface area contributed by atoms with Crippen molar-refractivity contribution in [2.75, 3.05) is 51.5 Å². The molecule has 3 aliphatic rings. The van der Waals surface area contributed by atoms with E-state index in [2.05, 4.69) is 14.9 Å². The van der Waals surface area contributed by atoms with Gasteiger partial charge in [0.2, 0.25) is 5.88 Å². The molecule has 0 radical (unpaired) electrons. The number of carboxylic acids is 1. The second-order valence-electron chi connectivity index (χ2n) is 7.32. The van der Waals surface area contributed by atoms with Crippen LogP contribution in [0.25, 0.3) is 0 Å². The Morgan fingerprint density at radius 1 is 1.26 bits per heavy atom. The Morgan fingerprint density at radius 2 is 2.00 bits per heavy atom. The van der Waals surface area contributed by atoms with Gasteiger partial charge >= 0.3 is 12.1 Å². The molecule has 1 N–H and O–H groups in total. The number of carbonyl (C=O) groups excluding carboxylic acids is 1. The zero-order valence-electron chi connectivity index (χ0n) is 16.7. The van der Waals surface area contributed by atoms with Crippen molar-refractivity contribution in [1.82, 2.24) is 15.0 Å². The Hall–Kier alpha value is -2.67. The maximum Gasteiger partial charge on any atom is 0.490 e. The molecule has 31 heavy (non-hydrogen) atoms. The van der Waals surface area contributed by atoms with E-state index in [9.17, 15) is 18.0 Å². The number of carbonyl (C=O) groups is 2. The number of hydroxylamine groups is 2. The molecule has 0 aliphatic carbocycles. The standard InChI is InChI=1S/C16H22N4O4.C2HF3O2/c1-22-15-5-14(17-10-18-15)19-6-11-8-23-9-13(12(11)7-19)16(21)20-3-2-4-24-20;3-2(4,5)1(6)7/h5,10-13H,2-4,6-9H2,1H3;(H,6,7)/t11-,12-,13+;/m1./s1. The molecule has 0 bridgehead atoms. The number of halogens is 3. The van der Waals surface area contributed by atoms with Crippen molar-refractivity contribution in [3.8, 4) is 5.88 Å². The van der Waals surface area contributed by atoms with Crippen LogP contribution in [-0.2, 0) is 19.2 Å². The van der Waals surface area contributed by atoms with E-state index < -0.39 is 12.1 Å². The molecule has 3 aliphatic heterocycles. The van der Waals surface area contributed by atoms with Crippen molar-refractivity contribution < 1.29 is 42.2 Å². The van der Waals surface area contributed by atoms with E-state index in [0.29, 0.717) is 38.2 Å². The summed E-state index contributed by atoms with van der Waals surface area (Å²) in [5, 5.41) is 8.65. The minimum atomic E-state index is -5.08. The highest BCUT2D eigenvalue weighted by Crippen LogP contribution is 2.37. The monoisotopic (exact) mass is 448 g/mol. The molecule has 172 valence electrons. The first-order chi connectivity index (χ1) is 14.7. The molecule has 0 saturated carbocycles. The predicted molar refractivity (Wildman–Crippen MR) is 98.1 cm³/mol. The zero-order chi connectivity index (χ0) is 22.6. The van der Waals surface area contributed by atoms with Gasteiger partial charge < -0.3 is 19.5 Å². The molecular weight excluding hydrogens is 425 g/mol. The maximum atomic E-state index is 12.7. The summed E-state index contributed by atoms with van der Waals surface area (Å²) in [7, 11) is 1.59. The van der Waals surface area contributed by atoms with Crippen LogP contribution in [0.5, 0.6) is 5.88 Å². The fourth-order valence-electron chi connectivity index (χ4n) is 3.86. The molecule has 0 unspecified atom stereocenters. The molecule has 3 atom stereocenters. The lowest BCUT2D eigenvalue weighted by Crippen LogP contribution is -2.45. The van der Waals surface area contributed by atoms with E-state index in [1.165, 1.54) is 11.4 Å². The van der Waals surface area contributed by atoms with E-state index in [1.807, 2.05) is 6.07 Å². The molecule has 13 heteroatoms. The van der Waals surface area contributed by atoms with Crippen molar-refractivity contribution >= 4 is 17.7 Å². The summed E-state index contributed by atoms with van der Waals surface area (Å²) in [6, 6.07) is 1.83. The van der Waals surface area contributed by atoms with Gasteiger partial charge in [-0.1, -0.05) is 0 Å². The number of aromatic nitrogens is 2. The molecule has 1 aromatic rings. The summed E-state index contributed by atoms with van der Waals surface area (Å²) in [6.07, 6.45) is -2.67. The summed E-state index contributed by atoms with van der Waals surface area (Å²) in [5.41, 5.74) is 0. The van der Waals surface area contributed by atoms with E-state index in [-0.39, 0.29) is 17.7 Å². The summed E-state index contributed by atoms with van der Waals surface area (Å²) in [6.45, 7) is 4.09. The topological polar surface area (TPSA) is 114 Å². The molecule has 0 aromatic carbocycles. The number of fused-ring (bicyclic) bond motifs is 1. The number of ether oxygens (including phenoxy) is 2. The number of alkyl halides is 3. The third-order valence-corrected chi connectivity index (χ3v) is 5.36. The third-order valence-electron chi connectivity index (χ3n) is 5.36. The quantitative estimate of drug-likeness (QED) is 0.723. The first-order valence-electron chi connectivity index (χ1n) is 9.63. The van der Waals surface area contributed by atoms with E-state index in [1.54, 1.807) is 7.11 Å². The van der Waals surface area contributed by atoms with E-state index >= 15 is 0 Å². The minimum absolute atomic E-state index is 0.0596. The van der Waals surface area contributed by atoms with Crippen LogP contribution in [-0.4, -0.2) is 84.8 Å². The second kappa shape index (κ2) is 9.64. The molecule has 3 fully saturated rings. The number of carboxylic acid groups (broad SMARTS) is 1. The fourth-order valence-corrected chi connectivity index (χ4v) is 3.86. The van der Waals surface area contributed by atoms with Crippen molar-refractivity contribution in [3.05, 3.63) is 12.4 Å². The molecular formula is C18H23F3N4O6. The van der Waals surface area contributed by atoms with Crippen LogP contribution in [0.3, 0.4) is 0 Å². The van der Waals surface area contributed by atoms with Gasteiger partial charge in [0.15, 0.2) is 0 Å². The molecule has 0 spiro atoms. The van der Waals surface area contributed by atoms with Crippen LogP contribution in [0.15, 0.2) is 12.4 Å². The largest absolute Gasteiger partial charge is 0.490 e. The zero-order valence-corrected chi connectivity index (χ0v) is 16.7. The van der Waals surface area contributed by atoms with Gasteiger partial charge in [0.1, 0.15) is 12.1 Å². The lowest BCUT2D eigenvalue weighted by Gasteiger charge is -2.33. The van der Waals surface area contributed by atoms with Crippen LogP contribution >= 0.6 is 0 Å². The van der Waals surface area contributed by atoms with Gasteiger partial charge in [-0.25, -0.2) is 19.8 Å². The van der Waals surface area contributed by atoms with E-state index in [0.717, 1.165) is 25.3 Å². The van der Waals surface area contributed by atoms with Gasteiger partial charge in [0.05, 0.1) is 39.4 Å². The van der Waals surface area contributed by atoms with Gasteiger partial charge in [0, 0.05) is 25.1 Å². The summed E-state index contributed by atoms with van der Waals surface area (Å²) in [5.74, 6) is -0.871. The van der Waals surface area contributed by atoms with Crippen molar-refractivity contribution in [2.45, 2.75) is 12.6 Å². The number of hydrogen-bond acceptors (Lipinski definition) is 8. The summed E-state index contributed by atoms with van der Waals surface area (Å²) in [4.78, 5) is 37.7. The van der Waals surface area contributed by atoms with Gasteiger partial charge in [-0.05, 0) is 12.3 Å². The number of amides is 1. The average molecular weight is 448 g/mol. The Bertz CT molecular complexity index is 790. The van der Waals surface area contributed by atoms with Crippen LogP contribution in [0.2, 0.25) is 0 Å². The number of aliphatic carboxylic acids is 1. The number of nitrogens with zero attached hydrogens (tertiary/aromatic N) is 4. The summed E-state index contributed by atoms with van der Waals surface area (Å²) >= 11 is 0. The number of rotatable bonds is 3.